The molecule has 0 saturated carbocycles. The van der Waals surface area contributed by atoms with Crippen LogP contribution in [0.4, 0.5) is 0 Å². The third-order valence-electron chi connectivity index (χ3n) is 2.83. The molecule has 1 aliphatic carbocycles. The summed E-state index contributed by atoms with van der Waals surface area (Å²) in [5.41, 5.74) is 6.52. The molecule has 90 valence electrons. The van der Waals surface area contributed by atoms with E-state index in [9.17, 15) is 9.59 Å². The normalized spacial score (nSPS) is 12.1. The Labute approximate surface area is 105 Å². The van der Waals surface area contributed by atoms with Gasteiger partial charge in [0.25, 0.3) is 0 Å². The topological polar surface area (TPSA) is 60.2 Å². The zero-order valence-corrected chi connectivity index (χ0v) is 10.0. The molecule has 2 aromatic carbocycles. The van der Waals surface area contributed by atoms with E-state index >= 15 is 0 Å². The molecule has 2 N–H and O–H groups in total. The highest BCUT2D eigenvalue weighted by atomic mass is 16.1. The molecule has 0 fully saturated rings. The lowest BCUT2D eigenvalue weighted by molar-refractivity contribution is 0.0979. The van der Waals surface area contributed by atoms with Crippen LogP contribution in [0.2, 0.25) is 0 Å². The minimum absolute atomic E-state index is 0.0641. The SMILES string of the molecule is CN.O=C1c2ccccc2C(=O)c2ccccc21. The van der Waals surface area contributed by atoms with Gasteiger partial charge in [-0.1, -0.05) is 48.5 Å². The Morgan fingerprint density at radius 3 is 1.06 bits per heavy atom. The van der Waals surface area contributed by atoms with Crippen LogP contribution in [0.5, 0.6) is 0 Å². The van der Waals surface area contributed by atoms with Gasteiger partial charge in [0, 0.05) is 22.3 Å². The summed E-state index contributed by atoms with van der Waals surface area (Å²) in [6, 6.07) is 13.9. The summed E-state index contributed by atoms with van der Waals surface area (Å²) < 4.78 is 0. The van der Waals surface area contributed by atoms with E-state index in [1.54, 1.807) is 48.5 Å². The molecule has 1 aliphatic rings. The summed E-state index contributed by atoms with van der Waals surface area (Å²) in [6.07, 6.45) is 0. The number of ketones is 2. The van der Waals surface area contributed by atoms with Crippen LogP contribution in [0.15, 0.2) is 48.5 Å². The number of carbonyl (C=O) groups is 2. The molecule has 0 radical (unpaired) electrons. The third-order valence-corrected chi connectivity index (χ3v) is 2.83. The van der Waals surface area contributed by atoms with E-state index < -0.39 is 0 Å². The molecule has 0 bridgehead atoms. The molecular formula is C15H13NO2. The smallest absolute Gasteiger partial charge is 0.194 e. The van der Waals surface area contributed by atoms with Crippen molar-refractivity contribution in [3.05, 3.63) is 70.8 Å². The molecule has 18 heavy (non-hydrogen) atoms. The van der Waals surface area contributed by atoms with E-state index in [1.165, 1.54) is 7.05 Å². The van der Waals surface area contributed by atoms with Crippen molar-refractivity contribution >= 4 is 11.6 Å². The predicted octanol–water partition coefficient (Wildman–Crippen LogP) is 2.04. The van der Waals surface area contributed by atoms with Gasteiger partial charge in [0.1, 0.15) is 0 Å². The number of hydrogen-bond acceptors (Lipinski definition) is 3. The molecular weight excluding hydrogens is 226 g/mol. The van der Waals surface area contributed by atoms with E-state index in [1.807, 2.05) is 0 Å². The molecule has 0 aromatic heterocycles. The van der Waals surface area contributed by atoms with Crippen LogP contribution < -0.4 is 5.73 Å². The molecule has 0 unspecified atom stereocenters. The van der Waals surface area contributed by atoms with Gasteiger partial charge in [-0.3, -0.25) is 9.59 Å². The molecule has 3 nitrogen and oxygen atoms in total. The van der Waals surface area contributed by atoms with Crippen molar-refractivity contribution in [3.63, 3.8) is 0 Å². The van der Waals surface area contributed by atoms with E-state index in [-0.39, 0.29) is 11.6 Å². The van der Waals surface area contributed by atoms with Crippen molar-refractivity contribution < 1.29 is 9.59 Å². The summed E-state index contributed by atoms with van der Waals surface area (Å²) in [7, 11) is 1.50. The molecule has 0 heterocycles. The summed E-state index contributed by atoms with van der Waals surface area (Å²) >= 11 is 0. The highest BCUT2D eigenvalue weighted by Crippen LogP contribution is 2.26. The van der Waals surface area contributed by atoms with Gasteiger partial charge in [-0.25, -0.2) is 0 Å². The average molecular weight is 239 g/mol. The molecule has 3 heteroatoms. The van der Waals surface area contributed by atoms with Crippen LogP contribution in [-0.2, 0) is 0 Å². The zero-order valence-electron chi connectivity index (χ0n) is 10.0. The summed E-state index contributed by atoms with van der Waals surface area (Å²) in [4.78, 5) is 24.2. The third kappa shape index (κ3) is 1.75. The van der Waals surface area contributed by atoms with Gasteiger partial charge in [0.15, 0.2) is 11.6 Å². The van der Waals surface area contributed by atoms with Gasteiger partial charge in [0.2, 0.25) is 0 Å². The monoisotopic (exact) mass is 239 g/mol. The van der Waals surface area contributed by atoms with Crippen molar-refractivity contribution in [2.45, 2.75) is 0 Å². The Morgan fingerprint density at radius 2 is 0.833 bits per heavy atom. The average Bonchev–Trinajstić information content (AvgIpc) is 2.47. The number of fused-ring (bicyclic) bond motifs is 2. The minimum atomic E-state index is -0.0641. The molecule has 0 spiro atoms. The van der Waals surface area contributed by atoms with Crippen LogP contribution in [0.1, 0.15) is 31.8 Å². The quantitative estimate of drug-likeness (QED) is 0.653. The number of rotatable bonds is 0. The van der Waals surface area contributed by atoms with Crippen LogP contribution in [0, 0.1) is 0 Å². The lowest BCUT2D eigenvalue weighted by Crippen LogP contribution is -2.20. The van der Waals surface area contributed by atoms with Crippen LogP contribution in [0.25, 0.3) is 0 Å². The molecule has 0 atom stereocenters. The summed E-state index contributed by atoms with van der Waals surface area (Å²) in [5, 5.41) is 0. The molecule has 2 aromatic rings. The second-order valence-electron chi connectivity index (χ2n) is 3.75. The minimum Gasteiger partial charge on any atom is -0.333 e. The second-order valence-corrected chi connectivity index (χ2v) is 3.75. The van der Waals surface area contributed by atoms with Crippen molar-refractivity contribution in [3.8, 4) is 0 Å². The van der Waals surface area contributed by atoms with Gasteiger partial charge in [-0.05, 0) is 7.05 Å². The van der Waals surface area contributed by atoms with E-state index in [4.69, 9.17) is 0 Å². The Bertz CT molecular complexity index is 512. The molecule has 0 saturated heterocycles. The predicted molar refractivity (Wildman–Crippen MR) is 69.9 cm³/mol. The van der Waals surface area contributed by atoms with Crippen LogP contribution in [0.3, 0.4) is 0 Å². The van der Waals surface area contributed by atoms with E-state index in [0.29, 0.717) is 22.3 Å². The first-order chi connectivity index (χ1) is 8.79. The second kappa shape index (κ2) is 4.94. The van der Waals surface area contributed by atoms with Crippen molar-refractivity contribution in [2.24, 2.45) is 5.73 Å². The largest absolute Gasteiger partial charge is 0.333 e. The maximum absolute atomic E-state index is 12.1. The van der Waals surface area contributed by atoms with Gasteiger partial charge in [-0.2, -0.15) is 0 Å². The number of hydrogen-bond donors (Lipinski definition) is 1. The highest BCUT2D eigenvalue weighted by Gasteiger charge is 2.28. The van der Waals surface area contributed by atoms with Crippen molar-refractivity contribution in [2.75, 3.05) is 7.05 Å². The van der Waals surface area contributed by atoms with Crippen LogP contribution >= 0.6 is 0 Å². The fraction of sp³-hybridized carbons (Fsp3) is 0.0667. The summed E-state index contributed by atoms with van der Waals surface area (Å²) in [5.74, 6) is -0.128. The molecule has 3 rings (SSSR count). The Kier molecular flexibility index (Phi) is 3.35. The highest BCUT2D eigenvalue weighted by molar-refractivity contribution is 6.28. The van der Waals surface area contributed by atoms with Gasteiger partial charge in [0.05, 0.1) is 0 Å². The maximum Gasteiger partial charge on any atom is 0.194 e. The first-order valence-corrected chi connectivity index (χ1v) is 5.64. The zero-order chi connectivity index (χ0) is 13.1. The lowest BCUT2D eigenvalue weighted by Gasteiger charge is -2.16. The number of carbonyl (C=O) groups excluding carboxylic acids is 2. The molecule has 0 aliphatic heterocycles. The summed E-state index contributed by atoms with van der Waals surface area (Å²) in [6.45, 7) is 0. The lowest BCUT2D eigenvalue weighted by atomic mass is 9.84. The van der Waals surface area contributed by atoms with Crippen molar-refractivity contribution in [1.29, 1.82) is 0 Å². The van der Waals surface area contributed by atoms with Crippen LogP contribution in [-0.4, -0.2) is 18.6 Å². The Morgan fingerprint density at radius 1 is 0.611 bits per heavy atom. The standard InChI is InChI=1S/C14H8O2.CH5N/c15-13-9-5-1-2-6-10(9)14(16)12-8-4-3-7-11(12)13;1-2/h1-8H;2H2,1H3. The maximum atomic E-state index is 12.1. The van der Waals surface area contributed by atoms with Gasteiger partial charge in [-0.15, -0.1) is 0 Å². The van der Waals surface area contributed by atoms with E-state index in [0.717, 1.165) is 0 Å². The van der Waals surface area contributed by atoms with Crippen molar-refractivity contribution in [1.82, 2.24) is 0 Å². The fourth-order valence-electron chi connectivity index (χ4n) is 2.05. The molecule has 0 amide bonds. The first-order valence-electron chi connectivity index (χ1n) is 5.64. The Balaban J connectivity index is 0.000000574. The van der Waals surface area contributed by atoms with Gasteiger partial charge >= 0.3 is 0 Å². The first kappa shape index (κ1) is 12.2. The van der Waals surface area contributed by atoms with Gasteiger partial charge < -0.3 is 5.73 Å². The fourth-order valence-corrected chi connectivity index (χ4v) is 2.05. The van der Waals surface area contributed by atoms with E-state index in [2.05, 4.69) is 5.73 Å². The Hall–Kier alpha value is -2.26. The number of benzene rings is 2. The number of nitrogens with two attached hydrogens (primary N) is 1.